The van der Waals surface area contributed by atoms with Crippen molar-refractivity contribution in [2.75, 3.05) is 23.7 Å². The van der Waals surface area contributed by atoms with Crippen molar-refractivity contribution in [1.29, 1.82) is 0 Å². The number of anilines is 3. The summed E-state index contributed by atoms with van der Waals surface area (Å²) in [5, 5.41) is 14.9. The molecular weight excluding hydrogens is 692 g/mol. The van der Waals surface area contributed by atoms with Crippen LogP contribution in [0, 0.1) is 11.8 Å². The summed E-state index contributed by atoms with van der Waals surface area (Å²) in [4.78, 5) is 18.3. The van der Waals surface area contributed by atoms with Crippen molar-refractivity contribution in [2.45, 2.75) is 56.5 Å². The molecule has 17 heteroatoms. The molecule has 1 aliphatic rings. The van der Waals surface area contributed by atoms with Crippen LogP contribution in [0.3, 0.4) is 0 Å². The number of hydrogen-bond acceptors (Lipinski definition) is 8. The number of hydrogen-bond donors (Lipinski definition) is 4. The second-order valence-electron chi connectivity index (χ2n) is 11.5. The lowest BCUT2D eigenvalue weighted by atomic mass is 9.82. The Bertz CT molecular complexity index is 1830. The molecule has 3 aromatic carbocycles. The van der Waals surface area contributed by atoms with Crippen molar-refractivity contribution in [3.8, 4) is 5.75 Å². The lowest BCUT2D eigenvalue weighted by Crippen LogP contribution is -2.32. The van der Waals surface area contributed by atoms with E-state index in [-0.39, 0.29) is 17.4 Å². The first-order valence-corrected chi connectivity index (χ1v) is 17.0. The molecule has 1 heterocycles. The molecule has 4 N–H and O–H groups in total. The number of alkyl halides is 6. The maximum absolute atomic E-state index is 12.7. The normalized spacial score (nSPS) is 16.6. The molecule has 0 bridgehead atoms. The average Bonchev–Trinajstić information content (AvgIpc) is 3.06. The number of para-hydroxylation sites is 1. The fourth-order valence-corrected chi connectivity index (χ4v) is 6.33. The van der Waals surface area contributed by atoms with Crippen LogP contribution in [0.15, 0.2) is 77.7 Å². The first-order valence-electron chi connectivity index (χ1n) is 15.5. The van der Waals surface area contributed by atoms with E-state index in [0.29, 0.717) is 18.4 Å². The number of rotatable bonds is 11. The van der Waals surface area contributed by atoms with E-state index in [1.165, 1.54) is 5.56 Å². The first kappa shape index (κ1) is 38.2. The van der Waals surface area contributed by atoms with Crippen molar-refractivity contribution in [3.63, 3.8) is 0 Å². The third-order valence-corrected chi connectivity index (χ3v) is 9.35. The van der Waals surface area contributed by atoms with Crippen LogP contribution in [-0.4, -0.2) is 55.1 Å². The number of benzene rings is 3. The van der Waals surface area contributed by atoms with Gasteiger partial charge in [0, 0.05) is 24.2 Å². The Hall–Kier alpha value is -4.64. The van der Waals surface area contributed by atoms with Gasteiger partial charge in [0.2, 0.25) is 16.0 Å². The summed E-state index contributed by atoms with van der Waals surface area (Å²) in [5.74, 6) is -1.38. The van der Waals surface area contributed by atoms with E-state index < -0.39 is 34.3 Å². The molecule has 1 aliphatic carbocycles. The molecule has 0 unspecified atom stereocenters. The van der Waals surface area contributed by atoms with Crippen molar-refractivity contribution in [2.24, 2.45) is 11.8 Å². The summed E-state index contributed by atoms with van der Waals surface area (Å²) >= 11 is 0. The van der Waals surface area contributed by atoms with Gasteiger partial charge in [-0.3, -0.25) is 0 Å². The fraction of sp³-hybridized carbons (Fsp3) is 0.364. The Morgan fingerprint density at radius 3 is 2.00 bits per heavy atom. The zero-order valence-electron chi connectivity index (χ0n) is 26.7. The van der Waals surface area contributed by atoms with Crippen LogP contribution in [0.1, 0.15) is 38.2 Å². The van der Waals surface area contributed by atoms with E-state index in [2.05, 4.69) is 39.1 Å². The number of carboxylic acids is 1. The number of carbonyl (C=O) groups is 1. The molecule has 10 nitrogen and oxygen atoms in total. The van der Waals surface area contributed by atoms with E-state index in [1.54, 1.807) is 0 Å². The molecule has 0 amide bonds. The standard InChI is InChI=1S/C31H34F3N5O3S.C2HF3O2/c1-2-21-11-13-24(14-12-21)37-29-27-5-3-4-6-28(27)38-30(39-29)35-19-22-7-9-23(10-8-22)20-36-43(40,41)26-17-15-25(16-18-26)42-31(32,33)34;3-2(4,5)1(6)7/h3-6,11-18,22-23,36H,2,7-10,19-20H2,1H3,(H2,35,37,38,39);(H,6,7). The summed E-state index contributed by atoms with van der Waals surface area (Å²) in [5.41, 5.74) is 3.06. The van der Waals surface area contributed by atoms with E-state index in [4.69, 9.17) is 19.9 Å². The van der Waals surface area contributed by atoms with E-state index in [9.17, 15) is 34.8 Å². The van der Waals surface area contributed by atoms with Gasteiger partial charge in [-0.05, 0) is 98.0 Å². The van der Waals surface area contributed by atoms with Crippen molar-refractivity contribution < 1.29 is 49.4 Å². The van der Waals surface area contributed by atoms with Gasteiger partial charge in [0.15, 0.2) is 0 Å². The maximum Gasteiger partial charge on any atom is 0.573 e. The molecule has 1 saturated carbocycles. The van der Waals surface area contributed by atoms with Crippen LogP contribution >= 0.6 is 0 Å². The number of ether oxygens (including phenoxy) is 1. The number of aromatic nitrogens is 2. The highest BCUT2D eigenvalue weighted by Gasteiger charge is 2.38. The number of nitrogens with one attached hydrogen (secondary N) is 3. The molecule has 4 aromatic rings. The van der Waals surface area contributed by atoms with E-state index in [1.807, 2.05) is 36.4 Å². The summed E-state index contributed by atoms with van der Waals surface area (Å²) in [7, 11) is -3.85. The molecule has 1 fully saturated rings. The van der Waals surface area contributed by atoms with Gasteiger partial charge in [0.05, 0.1) is 10.4 Å². The lowest BCUT2D eigenvalue weighted by Gasteiger charge is -2.28. The van der Waals surface area contributed by atoms with Crippen LogP contribution < -0.4 is 20.1 Å². The number of aliphatic carboxylic acids is 1. The van der Waals surface area contributed by atoms with Gasteiger partial charge >= 0.3 is 18.5 Å². The van der Waals surface area contributed by atoms with Crippen molar-refractivity contribution in [1.82, 2.24) is 14.7 Å². The largest absolute Gasteiger partial charge is 0.573 e. The molecule has 270 valence electrons. The van der Waals surface area contributed by atoms with Crippen LogP contribution in [0.2, 0.25) is 0 Å². The first-order chi connectivity index (χ1) is 23.5. The number of halogens is 6. The minimum Gasteiger partial charge on any atom is -0.475 e. The van der Waals surface area contributed by atoms with Gasteiger partial charge in [-0.15, -0.1) is 13.2 Å². The quantitative estimate of drug-likeness (QED) is 0.115. The van der Waals surface area contributed by atoms with Crippen LogP contribution in [0.4, 0.5) is 43.8 Å². The van der Waals surface area contributed by atoms with Gasteiger partial charge < -0.3 is 20.5 Å². The predicted molar refractivity (Wildman–Crippen MR) is 175 cm³/mol. The van der Waals surface area contributed by atoms with Crippen LogP contribution in [-0.2, 0) is 21.2 Å². The van der Waals surface area contributed by atoms with E-state index in [0.717, 1.165) is 78.8 Å². The van der Waals surface area contributed by atoms with Gasteiger partial charge in [-0.1, -0.05) is 31.2 Å². The highest BCUT2D eigenvalue weighted by atomic mass is 32.2. The number of aryl methyl sites for hydroxylation is 1. The molecule has 0 radical (unpaired) electrons. The van der Waals surface area contributed by atoms with Crippen molar-refractivity contribution >= 4 is 44.3 Å². The fourth-order valence-electron chi connectivity index (χ4n) is 5.22. The highest BCUT2D eigenvalue weighted by Crippen LogP contribution is 2.30. The molecule has 5 rings (SSSR count). The predicted octanol–water partition coefficient (Wildman–Crippen LogP) is 7.66. The number of carboxylic acid groups (broad SMARTS) is 1. The SMILES string of the molecule is CCc1ccc(Nc2nc(NCC3CCC(CNS(=O)(=O)c4ccc(OC(F)(F)F)cc4)CC3)nc3ccccc23)cc1.O=C(O)C(F)(F)F. The third kappa shape index (κ3) is 11.5. The topological polar surface area (TPSA) is 143 Å². The molecule has 1 aromatic heterocycles. The minimum absolute atomic E-state index is 0.109. The second-order valence-corrected chi connectivity index (χ2v) is 13.3. The summed E-state index contributed by atoms with van der Waals surface area (Å²) < 4.78 is 101. The third-order valence-electron chi connectivity index (χ3n) is 7.92. The summed E-state index contributed by atoms with van der Waals surface area (Å²) in [6, 6.07) is 20.3. The molecular formula is C33H35F6N5O5S. The van der Waals surface area contributed by atoms with Crippen molar-refractivity contribution in [3.05, 3.63) is 78.4 Å². The van der Waals surface area contributed by atoms with Gasteiger partial charge in [-0.2, -0.15) is 18.2 Å². The zero-order valence-corrected chi connectivity index (χ0v) is 27.5. The van der Waals surface area contributed by atoms with E-state index >= 15 is 0 Å². The maximum atomic E-state index is 12.7. The monoisotopic (exact) mass is 727 g/mol. The van der Waals surface area contributed by atoms with Gasteiger partial charge in [-0.25, -0.2) is 22.9 Å². The van der Waals surface area contributed by atoms with Gasteiger partial charge in [0.25, 0.3) is 0 Å². The molecule has 0 aliphatic heterocycles. The molecule has 0 atom stereocenters. The Morgan fingerprint density at radius 1 is 0.860 bits per heavy atom. The Kier molecular flexibility index (Phi) is 12.5. The second kappa shape index (κ2) is 16.4. The van der Waals surface area contributed by atoms with Crippen LogP contribution in [0.25, 0.3) is 10.9 Å². The average molecular weight is 728 g/mol. The number of nitrogens with zero attached hydrogens (tertiary/aromatic N) is 2. The Morgan fingerprint density at radius 2 is 1.44 bits per heavy atom. The highest BCUT2D eigenvalue weighted by molar-refractivity contribution is 7.89. The minimum atomic E-state index is -5.08. The smallest absolute Gasteiger partial charge is 0.475 e. The Labute approximate surface area is 284 Å². The lowest BCUT2D eigenvalue weighted by molar-refractivity contribution is -0.274. The van der Waals surface area contributed by atoms with Crippen LogP contribution in [0.5, 0.6) is 5.75 Å². The number of sulfonamides is 1. The number of fused-ring (bicyclic) bond motifs is 1. The zero-order chi connectivity index (χ0) is 36.5. The van der Waals surface area contributed by atoms with Gasteiger partial charge in [0.1, 0.15) is 11.6 Å². The molecule has 0 spiro atoms. The summed E-state index contributed by atoms with van der Waals surface area (Å²) in [6.07, 6.45) is -5.39. The Balaban J connectivity index is 0.000000727. The summed E-state index contributed by atoms with van der Waals surface area (Å²) in [6.45, 7) is 3.09. The molecule has 0 saturated heterocycles. The molecule has 50 heavy (non-hydrogen) atoms.